The molecule has 246 valence electrons. The van der Waals surface area contributed by atoms with Crippen molar-refractivity contribution in [2.75, 3.05) is 31.3 Å². The molecule has 25 heteroatoms. The van der Waals surface area contributed by atoms with Gasteiger partial charge in [0.1, 0.15) is 41.9 Å². The van der Waals surface area contributed by atoms with Crippen molar-refractivity contribution in [1.82, 2.24) is 39.0 Å². The molecule has 2 bridgehead atoms. The van der Waals surface area contributed by atoms with Crippen molar-refractivity contribution >= 4 is 71.7 Å². The first kappa shape index (κ1) is 30.7. The number of nitrogen functional groups attached to an aromatic ring is 2. The standard InChI is InChI=1S/C21H23FN10O10P2S2/c22-8-11-7(39-18(8)32-6-28-10-16(32)29-20(24)30-17(10)33)1-37-43(34,45)42-13-12-19(31-5-27-9-14(23)25-4-26-15(9)31)40-21(13,2-36-12)3-38-44(35,46)41-11/h4-8,11-13,18-19H,1-3H2,(H,34,45)(H,35,46)(H2,23,25,26)(H3,24,29,30,33)/t7-,8-,11-,12-,13+,18-,19-,21?,43?,44?/m1/s1. The molecule has 6 N–H and O–H groups in total. The van der Waals surface area contributed by atoms with E-state index >= 15 is 4.39 Å². The van der Waals surface area contributed by atoms with Gasteiger partial charge in [0.2, 0.25) is 5.95 Å². The fourth-order valence-corrected chi connectivity index (χ4v) is 8.91. The number of aromatic amines is 1. The minimum atomic E-state index is -4.38. The predicted octanol–water partition coefficient (Wildman–Crippen LogP) is 0.0977. The molecule has 0 saturated carbocycles. The summed E-state index contributed by atoms with van der Waals surface area (Å²) in [6.45, 7) is -9.75. The normalized spacial score (nSPS) is 39.7. The van der Waals surface area contributed by atoms with Crippen LogP contribution in [0, 0.1) is 0 Å². The summed E-state index contributed by atoms with van der Waals surface area (Å²) in [6, 6.07) is 0. The van der Waals surface area contributed by atoms with Crippen LogP contribution in [0.1, 0.15) is 12.5 Å². The molecule has 46 heavy (non-hydrogen) atoms. The Labute approximate surface area is 265 Å². The number of nitrogens with two attached hydrogens (primary N) is 2. The Balaban J connectivity index is 1.10. The topological polar surface area (TPSA) is 261 Å². The number of thiol groups is 1. The van der Waals surface area contributed by atoms with Gasteiger partial charge in [-0.3, -0.25) is 32.5 Å². The highest BCUT2D eigenvalue weighted by Gasteiger charge is 2.65. The summed E-state index contributed by atoms with van der Waals surface area (Å²) < 4.78 is 73.4. The molecule has 4 aromatic heterocycles. The van der Waals surface area contributed by atoms with Gasteiger partial charge in [-0.1, -0.05) is 12.2 Å². The van der Waals surface area contributed by atoms with Crippen molar-refractivity contribution in [3.05, 3.63) is 29.3 Å². The van der Waals surface area contributed by atoms with Gasteiger partial charge in [0.05, 0.1) is 32.5 Å². The highest BCUT2D eigenvalue weighted by atomic mass is 32.7. The lowest BCUT2D eigenvalue weighted by molar-refractivity contribution is -0.183. The van der Waals surface area contributed by atoms with Gasteiger partial charge in [0.15, 0.2) is 41.3 Å². The van der Waals surface area contributed by atoms with Crippen LogP contribution < -0.4 is 17.0 Å². The van der Waals surface area contributed by atoms with Crippen LogP contribution in [0.15, 0.2) is 23.8 Å². The molecule has 4 aromatic rings. The fraction of sp³-hybridized carbons (Fsp3) is 0.524. The molecule has 8 heterocycles. The van der Waals surface area contributed by atoms with Gasteiger partial charge in [-0.15, -0.1) is 0 Å². The quantitative estimate of drug-likeness (QED) is 0.136. The second-order valence-corrected chi connectivity index (χ2v) is 16.5. The number of hydrogen-bond acceptors (Lipinski definition) is 17. The van der Waals surface area contributed by atoms with Crippen molar-refractivity contribution in [2.24, 2.45) is 0 Å². The lowest BCUT2D eigenvalue weighted by atomic mass is 10.0. The Hall–Kier alpha value is -2.66. The maximum atomic E-state index is 16.1. The molecular weight excluding hydrogens is 697 g/mol. The summed E-state index contributed by atoms with van der Waals surface area (Å²) in [6.07, 6.45) is -5.73. The van der Waals surface area contributed by atoms with Crippen molar-refractivity contribution in [2.45, 2.75) is 48.6 Å². The van der Waals surface area contributed by atoms with Crippen LogP contribution in [0.25, 0.3) is 22.3 Å². The molecule has 4 aliphatic heterocycles. The first-order valence-electron chi connectivity index (χ1n) is 13.4. The number of nitrogens with zero attached hydrogens (tertiary/aromatic N) is 7. The molecule has 10 atom stereocenters. The van der Waals surface area contributed by atoms with Crippen LogP contribution in [0.4, 0.5) is 16.2 Å². The number of ether oxygens (including phenoxy) is 3. The zero-order valence-electron chi connectivity index (χ0n) is 22.9. The van der Waals surface area contributed by atoms with Crippen molar-refractivity contribution < 1.29 is 46.2 Å². The van der Waals surface area contributed by atoms with Gasteiger partial charge in [-0.05, 0) is 11.8 Å². The molecule has 0 aliphatic carbocycles. The molecule has 0 spiro atoms. The van der Waals surface area contributed by atoms with Crippen molar-refractivity contribution in [1.29, 1.82) is 0 Å². The minimum absolute atomic E-state index is 0.0810. The molecule has 0 radical (unpaired) electrons. The van der Waals surface area contributed by atoms with E-state index in [2.05, 4.69) is 42.2 Å². The number of nitrogens with one attached hydrogen (secondary N) is 1. The first-order valence-corrected chi connectivity index (χ1v) is 18.7. The highest BCUT2D eigenvalue weighted by molar-refractivity contribution is 8.44. The van der Waals surface area contributed by atoms with E-state index in [9.17, 15) is 14.3 Å². The molecule has 4 saturated heterocycles. The van der Waals surface area contributed by atoms with Crippen LogP contribution in [0.5, 0.6) is 0 Å². The van der Waals surface area contributed by atoms with E-state index in [1.807, 2.05) is 0 Å². The maximum Gasteiger partial charge on any atom is 0.386 e. The second-order valence-electron chi connectivity index (χ2n) is 10.8. The fourth-order valence-electron chi connectivity index (χ4n) is 5.96. The molecular formula is C21H23FN10O10P2S2. The molecule has 8 rings (SSSR count). The Morgan fingerprint density at radius 3 is 2.63 bits per heavy atom. The number of anilines is 2. The summed E-state index contributed by atoms with van der Waals surface area (Å²) >= 11 is 9.42. The third-order valence-corrected chi connectivity index (χ3v) is 11.1. The van der Waals surface area contributed by atoms with E-state index in [0.717, 1.165) is 10.9 Å². The third-order valence-electron chi connectivity index (χ3n) is 8.00. The number of rotatable bonds is 2. The Morgan fingerprint density at radius 2 is 1.83 bits per heavy atom. The van der Waals surface area contributed by atoms with Gasteiger partial charge < -0.3 is 35.1 Å². The van der Waals surface area contributed by atoms with Gasteiger partial charge in [-0.25, -0.2) is 28.9 Å². The Morgan fingerprint density at radius 1 is 1.07 bits per heavy atom. The lowest BCUT2D eigenvalue weighted by Gasteiger charge is -2.34. The number of halogens is 1. The number of aromatic nitrogens is 8. The molecule has 20 nitrogen and oxygen atoms in total. The van der Waals surface area contributed by atoms with Crippen LogP contribution in [0.3, 0.4) is 0 Å². The maximum absolute atomic E-state index is 16.1. The first-order chi connectivity index (χ1) is 21.8. The highest BCUT2D eigenvalue weighted by Crippen LogP contribution is 2.61. The van der Waals surface area contributed by atoms with Gasteiger partial charge in [-0.2, -0.15) is 4.98 Å². The van der Waals surface area contributed by atoms with Crippen LogP contribution in [0.2, 0.25) is 0 Å². The smallest absolute Gasteiger partial charge is 0.382 e. The van der Waals surface area contributed by atoms with E-state index in [-0.39, 0.29) is 29.5 Å². The van der Waals surface area contributed by atoms with Gasteiger partial charge >= 0.3 is 13.5 Å². The number of H-pyrrole nitrogens is 1. The monoisotopic (exact) mass is 720 g/mol. The zero-order chi connectivity index (χ0) is 32.2. The average Bonchev–Trinajstić information content (AvgIpc) is 3.80. The average molecular weight is 721 g/mol. The van der Waals surface area contributed by atoms with Crippen LogP contribution in [-0.2, 0) is 48.7 Å². The molecule has 4 aliphatic rings. The van der Waals surface area contributed by atoms with Crippen LogP contribution >= 0.6 is 25.8 Å². The SMILES string of the molecule is Nc1nc2c(ncn2[C@@H]2O[C@@H]3COP(O)(=S)O[C@H]4[C@H]5OCC4(COP(=O)(S)O[C@H]3[C@H]2F)O[C@H]5n2cnc3c(N)ncnc32)c(=O)[nH]1. The van der Waals surface area contributed by atoms with Crippen LogP contribution in [-0.4, -0.2) is 99.9 Å². The van der Waals surface area contributed by atoms with E-state index in [4.69, 9.17) is 55.6 Å². The third kappa shape index (κ3) is 4.89. The van der Waals surface area contributed by atoms with Gasteiger partial charge in [0, 0.05) is 0 Å². The molecule has 0 amide bonds. The summed E-state index contributed by atoms with van der Waals surface area (Å²) in [7, 11) is 0. The number of hydrogen-bond donors (Lipinski definition) is 5. The summed E-state index contributed by atoms with van der Waals surface area (Å²) in [5, 5.41) is 0. The number of alkyl halides is 1. The lowest BCUT2D eigenvalue weighted by Crippen LogP contribution is -2.46. The van der Waals surface area contributed by atoms with Gasteiger partial charge in [0.25, 0.3) is 5.56 Å². The summed E-state index contributed by atoms with van der Waals surface area (Å²) in [5.74, 6) is -0.0997. The Kier molecular flexibility index (Phi) is 7.11. The van der Waals surface area contributed by atoms with E-state index in [1.165, 1.54) is 17.2 Å². The summed E-state index contributed by atoms with van der Waals surface area (Å²) in [5.41, 5.74) is 9.86. The summed E-state index contributed by atoms with van der Waals surface area (Å²) in [4.78, 5) is 46.1. The number of imidazole rings is 2. The zero-order valence-corrected chi connectivity index (χ0v) is 26.4. The molecule has 4 fully saturated rings. The minimum Gasteiger partial charge on any atom is -0.382 e. The second kappa shape index (κ2) is 10.7. The Bertz CT molecular complexity index is 2040. The van der Waals surface area contributed by atoms with E-state index < -0.39 is 80.9 Å². The number of fused-ring (bicyclic) bond motifs is 3. The largest absolute Gasteiger partial charge is 0.386 e. The van der Waals surface area contributed by atoms with Crippen molar-refractivity contribution in [3.63, 3.8) is 0 Å². The van der Waals surface area contributed by atoms with Crippen molar-refractivity contribution in [3.8, 4) is 0 Å². The van der Waals surface area contributed by atoms with E-state index in [0.29, 0.717) is 11.2 Å². The molecule has 3 unspecified atom stereocenters. The molecule has 0 aromatic carbocycles. The van der Waals surface area contributed by atoms with E-state index in [1.54, 1.807) is 0 Å². The predicted molar refractivity (Wildman–Crippen MR) is 158 cm³/mol.